The topological polar surface area (TPSA) is 33.0 Å². The maximum Gasteiger partial charge on any atom is 0.139 e. The molecule has 0 unspecified atom stereocenters. The summed E-state index contributed by atoms with van der Waals surface area (Å²) in [6.07, 6.45) is 0. The van der Waals surface area contributed by atoms with Crippen LogP contribution in [0.15, 0.2) is 34.1 Å². The first-order valence-corrected chi connectivity index (χ1v) is 6.75. The van der Waals surface area contributed by atoms with Crippen molar-refractivity contribution >= 4 is 38.9 Å². The molecular weight excluding hydrogens is 322 g/mol. The molecule has 0 spiro atoms. The minimum atomic E-state index is 0.379. The molecule has 17 heavy (non-hydrogen) atoms. The summed E-state index contributed by atoms with van der Waals surface area (Å²) in [6.45, 7) is 0.436. The first kappa shape index (κ1) is 12.4. The molecule has 0 saturated heterocycles. The summed E-state index contributed by atoms with van der Waals surface area (Å²) in [7, 11) is 0. The van der Waals surface area contributed by atoms with Gasteiger partial charge >= 0.3 is 0 Å². The molecule has 2 aromatic rings. The maximum absolute atomic E-state index is 8.98. The number of benzene rings is 1. The van der Waals surface area contributed by atoms with E-state index in [4.69, 9.17) is 21.6 Å². The highest BCUT2D eigenvalue weighted by atomic mass is 79.9. The number of nitrogens with zero attached hydrogens (tertiary/aromatic N) is 1. The number of nitriles is 1. The Morgan fingerprint density at radius 3 is 2.82 bits per heavy atom. The Labute approximate surface area is 117 Å². The van der Waals surface area contributed by atoms with E-state index in [1.165, 1.54) is 0 Å². The molecule has 5 heteroatoms. The zero-order valence-electron chi connectivity index (χ0n) is 8.61. The van der Waals surface area contributed by atoms with Crippen LogP contribution < -0.4 is 4.74 Å². The smallest absolute Gasteiger partial charge is 0.139 e. The van der Waals surface area contributed by atoms with Crippen LogP contribution in [-0.2, 0) is 6.61 Å². The van der Waals surface area contributed by atoms with E-state index in [1.54, 1.807) is 29.5 Å². The van der Waals surface area contributed by atoms with E-state index in [0.717, 1.165) is 8.66 Å². The maximum atomic E-state index is 8.98. The third-order valence-corrected chi connectivity index (χ3v) is 4.00. The van der Waals surface area contributed by atoms with Crippen molar-refractivity contribution in [3.05, 3.63) is 49.6 Å². The summed E-state index contributed by atoms with van der Waals surface area (Å²) in [6, 6.07) is 11.2. The minimum Gasteiger partial charge on any atom is -0.487 e. The lowest BCUT2D eigenvalue weighted by molar-refractivity contribution is 0.309. The van der Waals surface area contributed by atoms with Crippen LogP contribution >= 0.6 is 38.9 Å². The van der Waals surface area contributed by atoms with Crippen LogP contribution in [0.4, 0.5) is 0 Å². The van der Waals surface area contributed by atoms with E-state index < -0.39 is 0 Å². The third-order valence-electron chi connectivity index (χ3n) is 2.09. The van der Waals surface area contributed by atoms with Gasteiger partial charge in [0.2, 0.25) is 0 Å². The number of thiophene rings is 1. The number of rotatable bonds is 3. The molecule has 0 amide bonds. The van der Waals surface area contributed by atoms with E-state index in [1.807, 2.05) is 18.2 Å². The number of ether oxygens (including phenoxy) is 1. The van der Waals surface area contributed by atoms with Crippen molar-refractivity contribution in [3.63, 3.8) is 0 Å². The van der Waals surface area contributed by atoms with Gasteiger partial charge in [-0.25, -0.2) is 0 Å². The second kappa shape index (κ2) is 5.54. The molecule has 0 fully saturated rings. The van der Waals surface area contributed by atoms with E-state index in [-0.39, 0.29) is 0 Å². The third kappa shape index (κ3) is 3.01. The summed E-state index contributed by atoms with van der Waals surface area (Å²) in [5.41, 5.74) is 0.379. The molecule has 0 atom stereocenters. The highest BCUT2D eigenvalue weighted by Crippen LogP contribution is 2.28. The minimum absolute atomic E-state index is 0.379. The molecule has 0 saturated carbocycles. The average molecular weight is 329 g/mol. The molecule has 0 bridgehead atoms. The van der Waals surface area contributed by atoms with Crippen molar-refractivity contribution in [2.24, 2.45) is 0 Å². The zero-order chi connectivity index (χ0) is 12.3. The molecule has 0 N–H and O–H groups in total. The number of hydrogen-bond donors (Lipinski definition) is 0. The van der Waals surface area contributed by atoms with Crippen molar-refractivity contribution in [2.45, 2.75) is 6.61 Å². The molecule has 86 valence electrons. The fourth-order valence-electron chi connectivity index (χ4n) is 1.31. The predicted molar refractivity (Wildman–Crippen MR) is 72.5 cm³/mol. The molecular formula is C12H7BrClNOS. The molecule has 1 aromatic heterocycles. The zero-order valence-corrected chi connectivity index (χ0v) is 11.8. The standard InChI is InChI=1S/C12H7BrClNOS/c13-12-5-4-8(17-12)7-16-11-3-1-2-10(14)9(11)6-15/h1-5H,7H2. The van der Waals surface area contributed by atoms with Gasteiger partial charge in [-0.05, 0) is 40.2 Å². The van der Waals surface area contributed by atoms with Crippen molar-refractivity contribution < 1.29 is 4.74 Å². The summed E-state index contributed by atoms with van der Waals surface area (Å²) >= 11 is 10.9. The van der Waals surface area contributed by atoms with E-state index in [9.17, 15) is 0 Å². The fourth-order valence-corrected chi connectivity index (χ4v) is 2.92. The molecule has 1 aromatic carbocycles. The Kier molecular flexibility index (Phi) is 4.06. The normalized spacial score (nSPS) is 9.94. The van der Waals surface area contributed by atoms with Gasteiger partial charge in [0, 0.05) is 4.88 Å². The Balaban J connectivity index is 2.14. The summed E-state index contributed by atoms with van der Waals surface area (Å²) in [4.78, 5) is 1.08. The van der Waals surface area contributed by atoms with E-state index in [0.29, 0.717) is 22.9 Å². The molecule has 0 aliphatic rings. The SMILES string of the molecule is N#Cc1c(Cl)cccc1OCc1ccc(Br)s1. The van der Waals surface area contributed by atoms with Crippen molar-refractivity contribution in [3.8, 4) is 11.8 Å². The lowest BCUT2D eigenvalue weighted by atomic mass is 10.2. The molecule has 1 heterocycles. The Bertz CT molecular complexity index is 576. The van der Waals surface area contributed by atoms with Gasteiger partial charge in [-0.3, -0.25) is 0 Å². The second-order valence-corrected chi connectivity index (χ2v) is 6.17. The van der Waals surface area contributed by atoms with Gasteiger partial charge in [-0.1, -0.05) is 17.7 Å². The number of hydrogen-bond acceptors (Lipinski definition) is 3. The highest BCUT2D eigenvalue weighted by Gasteiger charge is 2.08. The van der Waals surface area contributed by atoms with Crippen LogP contribution in [-0.4, -0.2) is 0 Å². The van der Waals surface area contributed by atoms with Crippen molar-refractivity contribution in [1.82, 2.24) is 0 Å². The van der Waals surface area contributed by atoms with Crippen LogP contribution in [0.2, 0.25) is 5.02 Å². The average Bonchev–Trinajstić information content (AvgIpc) is 2.72. The van der Waals surface area contributed by atoms with Crippen LogP contribution in [0, 0.1) is 11.3 Å². The van der Waals surface area contributed by atoms with Gasteiger partial charge in [0.1, 0.15) is 24.0 Å². The Morgan fingerprint density at radius 1 is 1.35 bits per heavy atom. The highest BCUT2D eigenvalue weighted by molar-refractivity contribution is 9.11. The first-order valence-electron chi connectivity index (χ1n) is 4.76. The van der Waals surface area contributed by atoms with Crippen molar-refractivity contribution in [2.75, 3.05) is 0 Å². The van der Waals surface area contributed by atoms with E-state index >= 15 is 0 Å². The largest absolute Gasteiger partial charge is 0.487 e. The molecule has 2 rings (SSSR count). The van der Waals surface area contributed by atoms with Gasteiger partial charge < -0.3 is 4.74 Å². The predicted octanol–water partition coefficient (Wildman–Crippen LogP) is 4.61. The lowest BCUT2D eigenvalue weighted by Crippen LogP contribution is -1.95. The van der Waals surface area contributed by atoms with E-state index in [2.05, 4.69) is 15.9 Å². The second-order valence-electron chi connectivity index (χ2n) is 3.22. The van der Waals surface area contributed by atoms with Crippen LogP contribution in [0.5, 0.6) is 5.75 Å². The van der Waals surface area contributed by atoms with Gasteiger partial charge in [-0.15, -0.1) is 11.3 Å². The summed E-state index contributed by atoms with van der Waals surface area (Å²) in [5.74, 6) is 0.518. The van der Waals surface area contributed by atoms with Gasteiger partial charge in [0.15, 0.2) is 0 Å². The Hall–Kier alpha value is -1.02. The summed E-state index contributed by atoms with van der Waals surface area (Å²) in [5, 5.41) is 9.40. The molecule has 0 aliphatic heterocycles. The van der Waals surface area contributed by atoms with Gasteiger partial charge in [-0.2, -0.15) is 5.26 Å². The Morgan fingerprint density at radius 2 is 2.18 bits per heavy atom. The fraction of sp³-hybridized carbons (Fsp3) is 0.0833. The van der Waals surface area contributed by atoms with Crippen LogP contribution in [0.1, 0.15) is 10.4 Å². The van der Waals surface area contributed by atoms with Gasteiger partial charge in [0.05, 0.1) is 8.81 Å². The number of halogens is 2. The quantitative estimate of drug-likeness (QED) is 0.824. The first-order chi connectivity index (χ1) is 8.20. The molecule has 0 aliphatic carbocycles. The summed E-state index contributed by atoms with van der Waals surface area (Å²) < 4.78 is 6.65. The monoisotopic (exact) mass is 327 g/mol. The molecule has 2 nitrogen and oxygen atoms in total. The van der Waals surface area contributed by atoms with Crippen LogP contribution in [0.25, 0.3) is 0 Å². The lowest BCUT2D eigenvalue weighted by Gasteiger charge is -2.07. The van der Waals surface area contributed by atoms with Gasteiger partial charge in [0.25, 0.3) is 0 Å². The van der Waals surface area contributed by atoms with Crippen molar-refractivity contribution in [1.29, 1.82) is 5.26 Å². The van der Waals surface area contributed by atoms with Crippen LogP contribution in [0.3, 0.4) is 0 Å². The molecule has 0 radical (unpaired) electrons.